The quantitative estimate of drug-likeness (QED) is 0.335. The number of nitrogens with zero attached hydrogens (tertiary/aromatic N) is 4. The van der Waals surface area contributed by atoms with E-state index in [9.17, 15) is 14.3 Å². The van der Waals surface area contributed by atoms with Gasteiger partial charge in [-0.15, -0.1) is 0 Å². The number of pyridine rings is 4. The van der Waals surface area contributed by atoms with Gasteiger partial charge in [-0.2, -0.15) is 4.39 Å². The lowest BCUT2D eigenvalue weighted by Crippen LogP contribution is -2.26. The van der Waals surface area contributed by atoms with Gasteiger partial charge in [-0.05, 0) is 82.5 Å². The summed E-state index contributed by atoms with van der Waals surface area (Å²) in [4.78, 5) is 26.5. The number of hydrogen-bond acceptors (Lipinski definition) is 6. The van der Waals surface area contributed by atoms with Crippen LogP contribution in [0.4, 0.5) is 4.39 Å². The van der Waals surface area contributed by atoms with Gasteiger partial charge in [-0.3, -0.25) is 14.3 Å². The third-order valence-electron chi connectivity index (χ3n) is 5.98. The summed E-state index contributed by atoms with van der Waals surface area (Å²) in [5, 5.41) is 10.8. The Morgan fingerprint density at radius 3 is 2.49 bits per heavy atom. The first kappa shape index (κ1) is 26.4. The number of aryl methyl sites for hydroxylation is 3. The third-order valence-corrected chi connectivity index (χ3v) is 6.33. The highest BCUT2D eigenvalue weighted by atomic mass is 35.5. The summed E-state index contributed by atoms with van der Waals surface area (Å²) in [5.74, 6) is -0.439. The van der Waals surface area contributed by atoms with Gasteiger partial charge < -0.3 is 9.84 Å². The maximum absolute atomic E-state index is 13.7. The fourth-order valence-corrected chi connectivity index (χ4v) is 4.50. The molecule has 0 aliphatic heterocycles. The molecule has 0 aliphatic carbocycles. The Bertz CT molecular complexity index is 1540. The Labute approximate surface area is 219 Å². The number of rotatable bonds is 6. The van der Waals surface area contributed by atoms with Gasteiger partial charge in [-0.1, -0.05) is 17.7 Å². The minimum Gasteiger partial charge on any atom is -0.485 e. The number of ether oxygens (including phenoxy) is 1. The molecule has 0 atom stereocenters. The summed E-state index contributed by atoms with van der Waals surface area (Å²) in [7, 11) is 0. The minimum absolute atomic E-state index is 0.0541. The van der Waals surface area contributed by atoms with E-state index in [1.54, 1.807) is 59.0 Å². The summed E-state index contributed by atoms with van der Waals surface area (Å²) in [5.41, 5.74) is 3.48. The van der Waals surface area contributed by atoms with Crippen LogP contribution in [0, 0.1) is 33.6 Å². The summed E-state index contributed by atoms with van der Waals surface area (Å²) < 4.78 is 20.9. The molecule has 0 aliphatic rings. The van der Waals surface area contributed by atoms with E-state index in [0.29, 0.717) is 45.3 Å². The molecule has 0 unspecified atom stereocenters. The molecule has 4 aromatic rings. The predicted octanol–water partition coefficient (Wildman–Crippen LogP) is 5.52. The molecule has 0 amide bonds. The van der Waals surface area contributed by atoms with Gasteiger partial charge in [0.1, 0.15) is 23.0 Å². The van der Waals surface area contributed by atoms with Crippen LogP contribution in [-0.4, -0.2) is 24.6 Å². The maximum Gasteiger partial charge on any atom is 0.277 e. The van der Waals surface area contributed by atoms with Crippen LogP contribution in [0.2, 0.25) is 5.02 Å². The van der Waals surface area contributed by atoms with E-state index >= 15 is 0 Å². The van der Waals surface area contributed by atoms with Crippen LogP contribution in [0.3, 0.4) is 0 Å². The van der Waals surface area contributed by atoms with E-state index in [1.165, 1.54) is 10.6 Å². The summed E-state index contributed by atoms with van der Waals surface area (Å²) >= 11 is 6.48. The second kappa shape index (κ2) is 10.0. The van der Waals surface area contributed by atoms with Crippen LogP contribution < -0.4 is 10.3 Å². The van der Waals surface area contributed by atoms with E-state index in [0.717, 1.165) is 5.56 Å². The van der Waals surface area contributed by atoms with Crippen LogP contribution >= 0.6 is 11.6 Å². The van der Waals surface area contributed by atoms with Crippen molar-refractivity contribution in [3.63, 3.8) is 0 Å². The molecule has 0 aromatic carbocycles. The van der Waals surface area contributed by atoms with E-state index in [-0.39, 0.29) is 17.4 Å². The van der Waals surface area contributed by atoms with Crippen molar-refractivity contribution in [1.29, 1.82) is 0 Å². The van der Waals surface area contributed by atoms with E-state index in [1.807, 2.05) is 19.1 Å². The van der Waals surface area contributed by atoms with Crippen LogP contribution in [0.5, 0.6) is 5.75 Å². The highest BCUT2D eigenvalue weighted by molar-refractivity contribution is 6.31. The van der Waals surface area contributed by atoms with Crippen molar-refractivity contribution in [2.75, 3.05) is 0 Å². The molecule has 0 spiro atoms. The van der Waals surface area contributed by atoms with Crippen molar-refractivity contribution < 1.29 is 14.2 Å². The highest BCUT2D eigenvalue weighted by Gasteiger charge is 2.26. The molecule has 37 heavy (non-hydrogen) atoms. The number of hydrogen-bond donors (Lipinski definition) is 1. The first-order valence-electron chi connectivity index (χ1n) is 11.7. The molecule has 0 radical (unpaired) electrons. The molecular weight excluding hydrogens is 495 g/mol. The Morgan fingerprint density at radius 2 is 1.84 bits per heavy atom. The minimum atomic E-state index is -1.28. The van der Waals surface area contributed by atoms with E-state index in [2.05, 4.69) is 9.97 Å². The largest absolute Gasteiger partial charge is 0.485 e. The molecular formula is C28H28ClFN4O3. The van der Waals surface area contributed by atoms with E-state index in [4.69, 9.17) is 21.3 Å². The Kier molecular flexibility index (Phi) is 7.17. The van der Waals surface area contributed by atoms with Crippen LogP contribution in [0.1, 0.15) is 47.6 Å². The van der Waals surface area contributed by atoms with Gasteiger partial charge in [0, 0.05) is 18.0 Å². The van der Waals surface area contributed by atoms with Crippen molar-refractivity contribution in [3.8, 4) is 22.8 Å². The molecule has 4 rings (SSSR count). The molecule has 1 N–H and O–H groups in total. The molecule has 0 fully saturated rings. The average Bonchev–Trinajstić information content (AvgIpc) is 2.80. The molecule has 0 bridgehead atoms. The van der Waals surface area contributed by atoms with Gasteiger partial charge in [0.05, 0.1) is 28.5 Å². The van der Waals surface area contributed by atoms with Gasteiger partial charge in [0.15, 0.2) is 0 Å². The standard InChI is InChI=1S/C28H28ClFN4O3/c1-15-10-19(32-23(30)11-15)14-37-22-12-17(3)34(27(35)24(22)29)21-13-20(25-16(2)8-7-9-31-25)33-26(18(21)4)28(5,6)36/h7-13,36H,14H2,1-6H3. The number of halogens is 2. The number of aromatic nitrogens is 4. The van der Waals surface area contributed by atoms with Crippen LogP contribution in [0.15, 0.2) is 47.4 Å². The third kappa shape index (κ3) is 5.40. The van der Waals surface area contributed by atoms with Gasteiger partial charge >= 0.3 is 0 Å². The zero-order chi connectivity index (χ0) is 27.1. The highest BCUT2D eigenvalue weighted by Crippen LogP contribution is 2.32. The van der Waals surface area contributed by atoms with Crippen molar-refractivity contribution in [3.05, 3.63) is 97.7 Å². The Hall–Kier alpha value is -3.62. The van der Waals surface area contributed by atoms with Gasteiger partial charge in [0.2, 0.25) is 5.95 Å². The topological polar surface area (TPSA) is 90.1 Å². The molecule has 192 valence electrons. The lowest BCUT2D eigenvalue weighted by atomic mass is 9.97. The molecule has 0 saturated carbocycles. The average molecular weight is 523 g/mol. The van der Waals surface area contributed by atoms with Crippen molar-refractivity contribution in [2.45, 2.75) is 53.8 Å². The molecule has 9 heteroatoms. The first-order chi connectivity index (χ1) is 17.4. The zero-order valence-electron chi connectivity index (χ0n) is 21.6. The number of aliphatic hydroxyl groups is 1. The second-order valence-electron chi connectivity index (χ2n) is 9.58. The zero-order valence-corrected chi connectivity index (χ0v) is 22.3. The summed E-state index contributed by atoms with van der Waals surface area (Å²) in [6.45, 7) is 10.5. The van der Waals surface area contributed by atoms with Crippen molar-refractivity contribution in [1.82, 2.24) is 19.5 Å². The molecule has 4 heterocycles. The van der Waals surface area contributed by atoms with Gasteiger partial charge in [0.25, 0.3) is 5.56 Å². The maximum atomic E-state index is 13.7. The fourth-order valence-electron chi connectivity index (χ4n) is 4.30. The van der Waals surface area contributed by atoms with Gasteiger partial charge in [-0.25, -0.2) is 9.97 Å². The second-order valence-corrected chi connectivity index (χ2v) is 9.96. The fraction of sp³-hybridized carbons (Fsp3) is 0.286. The lowest BCUT2D eigenvalue weighted by Gasteiger charge is -2.24. The smallest absolute Gasteiger partial charge is 0.277 e. The van der Waals surface area contributed by atoms with Crippen molar-refractivity contribution in [2.24, 2.45) is 0 Å². The monoisotopic (exact) mass is 522 g/mol. The molecule has 7 nitrogen and oxygen atoms in total. The van der Waals surface area contributed by atoms with Crippen molar-refractivity contribution >= 4 is 11.6 Å². The summed E-state index contributed by atoms with van der Waals surface area (Å²) in [6, 6.07) is 10.2. The molecule has 0 saturated heterocycles. The van der Waals surface area contributed by atoms with Crippen LogP contribution in [-0.2, 0) is 12.2 Å². The SMILES string of the molecule is Cc1cc(F)nc(COc2cc(C)n(-c3cc(-c4ncccc4C)nc(C(C)(C)O)c3C)c(=O)c2Cl)c1. The lowest BCUT2D eigenvalue weighted by molar-refractivity contribution is 0.0732. The molecule has 4 aromatic heterocycles. The first-order valence-corrected chi connectivity index (χ1v) is 12.1. The normalized spacial score (nSPS) is 11.6. The Balaban J connectivity index is 1.85. The summed E-state index contributed by atoms with van der Waals surface area (Å²) in [6.07, 6.45) is 1.67. The van der Waals surface area contributed by atoms with Crippen LogP contribution in [0.25, 0.3) is 17.1 Å². The van der Waals surface area contributed by atoms with E-state index < -0.39 is 17.1 Å². The Morgan fingerprint density at radius 1 is 1.11 bits per heavy atom. The predicted molar refractivity (Wildman–Crippen MR) is 141 cm³/mol.